The van der Waals surface area contributed by atoms with E-state index in [1.54, 1.807) is 29.8 Å². The van der Waals surface area contributed by atoms with E-state index in [2.05, 4.69) is 20.9 Å². The number of nitrogens with zero attached hydrogens (tertiary/aromatic N) is 5. The third-order valence-electron chi connectivity index (χ3n) is 5.93. The minimum atomic E-state index is -0.200. The average molecular weight is 462 g/mol. The van der Waals surface area contributed by atoms with Crippen LogP contribution in [0.3, 0.4) is 0 Å². The zero-order valence-electron chi connectivity index (χ0n) is 18.4. The number of rotatable bonds is 5. The van der Waals surface area contributed by atoms with Crippen LogP contribution >= 0.6 is 11.3 Å². The SMILES string of the molecule is CCO[C@@H]1CN(c2cc(=O)n(C)c3ccc(C#N)nc23)CC[C@H]1Oc1nc2ccccc2s1. The van der Waals surface area contributed by atoms with Gasteiger partial charge in [-0.1, -0.05) is 23.5 Å². The lowest BCUT2D eigenvalue weighted by molar-refractivity contribution is -0.0279. The Kier molecular flexibility index (Phi) is 5.70. The van der Waals surface area contributed by atoms with Crippen molar-refractivity contribution in [2.24, 2.45) is 7.05 Å². The smallest absolute Gasteiger partial charge is 0.274 e. The molecule has 0 unspecified atom stereocenters. The number of fused-ring (bicyclic) bond motifs is 2. The van der Waals surface area contributed by atoms with Crippen LogP contribution in [-0.2, 0) is 11.8 Å². The van der Waals surface area contributed by atoms with Crippen LogP contribution in [0, 0.1) is 11.3 Å². The maximum atomic E-state index is 12.6. The molecule has 3 aromatic heterocycles. The molecule has 2 atom stereocenters. The lowest BCUT2D eigenvalue weighted by Gasteiger charge is -2.39. The Morgan fingerprint density at radius 3 is 2.85 bits per heavy atom. The van der Waals surface area contributed by atoms with Gasteiger partial charge in [0, 0.05) is 39.2 Å². The lowest BCUT2D eigenvalue weighted by Crippen LogP contribution is -2.50. The van der Waals surface area contributed by atoms with Crippen molar-refractivity contribution >= 4 is 38.3 Å². The van der Waals surface area contributed by atoms with Gasteiger partial charge in [-0.05, 0) is 31.2 Å². The van der Waals surface area contributed by atoms with E-state index in [0.29, 0.717) is 53.7 Å². The second kappa shape index (κ2) is 8.81. The first kappa shape index (κ1) is 21.4. The quantitative estimate of drug-likeness (QED) is 0.449. The number of aryl methyl sites for hydroxylation is 1. The number of pyridine rings is 2. The van der Waals surface area contributed by atoms with Crippen LogP contribution in [0.4, 0.5) is 5.69 Å². The third-order valence-corrected chi connectivity index (χ3v) is 6.86. The number of hydrogen-bond acceptors (Lipinski definition) is 8. The maximum Gasteiger partial charge on any atom is 0.274 e. The Bertz CT molecular complexity index is 1390. The first-order chi connectivity index (χ1) is 16.1. The summed E-state index contributed by atoms with van der Waals surface area (Å²) in [7, 11) is 1.71. The van der Waals surface area contributed by atoms with E-state index in [1.807, 2.05) is 31.2 Å². The number of anilines is 1. The highest BCUT2D eigenvalue weighted by Crippen LogP contribution is 2.32. The molecule has 5 rings (SSSR count). The molecule has 1 saturated heterocycles. The standard InChI is InChI=1S/C24H23N5O3S/c1-3-31-20-14-29(11-10-19(20)32-24-27-16-6-4-5-7-21(16)33-24)18-12-22(30)28(2)17-9-8-15(13-25)26-23(17)18/h4-9,12,19-20H,3,10-11,14H2,1-2H3/t19-,20-/m1/s1. The summed E-state index contributed by atoms with van der Waals surface area (Å²) in [5.74, 6) is 0. The third kappa shape index (κ3) is 4.03. The highest BCUT2D eigenvalue weighted by atomic mass is 32.1. The van der Waals surface area contributed by atoms with Crippen LogP contribution < -0.4 is 15.2 Å². The molecule has 8 nitrogen and oxygen atoms in total. The van der Waals surface area contributed by atoms with Crippen molar-refractivity contribution in [2.75, 3.05) is 24.6 Å². The second-order valence-electron chi connectivity index (χ2n) is 7.94. The zero-order chi connectivity index (χ0) is 22.9. The Balaban J connectivity index is 1.45. The Labute approximate surface area is 194 Å². The lowest BCUT2D eigenvalue weighted by atomic mass is 10.0. The van der Waals surface area contributed by atoms with E-state index in [9.17, 15) is 10.1 Å². The average Bonchev–Trinajstić information content (AvgIpc) is 3.25. The molecule has 1 aromatic carbocycles. The molecule has 0 spiro atoms. The first-order valence-electron chi connectivity index (χ1n) is 10.9. The van der Waals surface area contributed by atoms with Crippen molar-refractivity contribution in [3.8, 4) is 11.3 Å². The molecule has 0 saturated carbocycles. The number of thiazole rings is 1. The molecular weight excluding hydrogens is 438 g/mol. The minimum absolute atomic E-state index is 0.121. The van der Waals surface area contributed by atoms with E-state index in [1.165, 1.54) is 11.3 Å². The van der Waals surface area contributed by atoms with Gasteiger partial charge in [-0.15, -0.1) is 0 Å². The zero-order valence-corrected chi connectivity index (χ0v) is 19.2. The van der Waals surface area contributed by atoms with E-state index in [0.717, 1.165) is 10.2 Å². The van der Waals surface area contributed by atoms with Crippen molar-refractivity contribution in [1.29, 1.82) is 5.26 Å². The molecule has 33 heavy (non-hydrogen) atoms. The molecule has 4 aromatic rings. The first-order valence-corrected chi connectivity index (χ1v) is 11.7. The minimum Gasteiger partial charge on any atom is -0.464 e. The van der Waals surface area contributed by atoms with Crippen molar-refractivity contribution in [1.82, 2.24) is 14.5 Å². The fourth-order valence-electron chi connectivity index (χ4n) is 4.27. The van der Waals surface area contributed by atoms with Gasteiger partial charge in [-0.25, -0.2) is 9.97 Å². The van der Waals surface area contributed by atoms with Gasteiger partial charge < -0.3 is 18.9 Å². The number of piperidine rings is 1. The second-order valence-corrected chi connectivity index (χ2v) is 8.93. The number of aromatic nitrogens is 3. The Hall–Kier alpha value is -3.48. The van der Waals surface area contributed by atoms with Crippen LogP contribution in [0.2, 0.25) is 0 Å². The highest BCUT2D eigenvalue weighted by molar-refractivity contribution is 7.20. The molecule has 0 amide bonds. The summed E-state index contributed by atoms with van der Waals surface area (Å²) in [4.78, 5) is 23.8. The van der Waals surface area contributed by atoms with E-state index < -0.39 is 0 Å². The molecule has 1 fully saturated rings. The van der Waals surface area contributed by atoms with Gasteiger partial charge in [0.05, 0.1) is 21.4 Å². The highest BCUT2D eigenvalue weighted by Gasteiger charge is 2.33. The molecule has 9 heteroatoms. The van der Waals surface area contributed by atoms with E-state index in [-0.39, 0.29) is 17.8 Å². The molecule has 0 bridgehead atoms. The number of hydrogen-bond donors (Lipinski definition) is 0. The summed E-state index contributed by atoms with van der Waals surface area (Å²) >= 11 is 1.53. The summed E-state index contributed by atoms with van der Waals surface area (Å²) in [6, 6.07) is 15.1. The van der Waals surface area contributed by atoms with Gasteiger partial charge in [0.2, 0.25) is 0 Å². The number of ether oxygens (including phenoxy) is 2. The van der Waals surface area contributed by atoms with Gasteiger partial charge in [-0.3, -0.25) is 4.79 Å². The normalized spacial score (nSPS) is 18.5. The number of benzene rings is 1. The predicted octanol–water partition coefficient (Wildman–Crippen LogP) is 3.48. The molecule has 1 aliphatic rings. The van der Waals surface area contributed by atoms with Crippen LogP contribution in [0.15, 0.2) is 47.3 Å². The molecule has 0 N–H and O–H groups in total. The summed E-state index contributed by atoms with van der Waals surface area (Å²) in [6.07, 6.45) is 0.353. The molecule has 0 aliphatic carbocycles. The van der Waals surface area contributed by atoms with Crippen molar-refractivity contribution in [3.63, 3.8) is 0 Å². The van der Waals surface area contributed by atoms with Crippen LogP contribution in [0.1, 0.15) is 19.0 Å². The number of nitriles is 1. The van der Waals surface area contributed by atoms with E-state index >= 15 is 0 Å². The fourth-order valence-corrected chi connectivity index (χ4v) is 5.14. The van der Waals surface area contributed by atoms with Crippen molar-refractivity contribution in [2.45, 2.75) is 25.6 Å². The molecule has 1 aliphatic heterocycles. The largest absolute Gasteiger partial charge is 0.464 e. The monoisotopic (exact) mass is 461 g/mol. The predicted molar refractivity (Wildman–Crippen MR) is 128 cm³/mol. The van der Waals surface area contributed by atoms with Gasteiger partial charge in [0.15, 0.2) is 0 Å². The summed E-state index contributed by atoms with van der Waals surface area (Å²) in [6.45, 7) is 3.72. The Morgan fingerprint density at radius 2 is 2.06 bits per heavy atom. The molecule has 168 valence electrons. The van der Waals surface area contributed by atoms with Crippen LogP contribution in [0.5, 0.6) is 5.19 Å². The van der Waals surface area contributed by atoms with Crippen LogP contribution in [0.25, 0.3) is 21.3 Å². The number of para-hydroxylation sites is 1. The van der Waals surface area contributed by atoms with Crippen molar-refractivity contribution < 1.29 is 9.47 Å². The maximum absolute atomic E-state index is 12.6. The fraction of sp³-hybridized carbons (Fsp3) is 0.333. The van der Waals surface area contributed by atoms with Gasteiger partial charge in [0.1, 0.15) is 29.5 Å². The van der Waals surface area contributed by atoms with E-state index in [4.69, 9.17) is 9.47 Å². The van der Waals surface area contributed by atoms with Gasteiger partial charge in [-0.2, -0.15) is 5.26 Å². The summed E-state index contributed by atoms with van der Waals surface area (Å²) < 4.78 is 15.0. The topological polar surface area (TPSA) is 93.3 Å². The molecular formula is C24H23N5O3S. The van der Waals surface area contributed by atoms with Crippen molar-refractivity contribution in [3.05, 3.63) is 58.5 Å². The Morgan fingerprint density at radius 1 is 1.21 bits per heavy atom. The van der Waals surface area contributed by atoms with Crippen LogP contribution in [-0.4, -0.2) is 46.4 Å². The van der Waals surface area contributed by atoms with Gasteiger partial charge in [0.25, 0.3) is 10.8 Å². The molecule has 4 heterocycles. The summed E-state index contributed by atoms with van der Waals surface area (Å²) in [5, 5.41) is 9.96. The molecule has 0 radical (unpaired) electrons. The summed E-state index contributed by atoms with van der Waals surface area (Å²) in [5.41, 5.74) is 3.17. The van der Waals surface area contributed by atoms with Gasteiger partial charge >= 0.3 is 0 Å².